The molecule has 1 fully saturated rings. The molecule has 13 heteroatoms. The van der Waals surface area contributed by atoms with Crippen molar-refractivity contribution in [2.24, 2.45) is 7.05 Å². The molecule has 0 aromatic carbocycles. The summed E-state index contributed by atoms with van der Waals surface area (Å²) in [5, 5.41) is 20.0. The molecule has 5 heterocycles. The number of aryl methyl sites for hydroxylation is 1. The predicted molar refractivity (Wildman–Crippen MR) is 119 cm³/mol. The van der Waals surface area contributed by atoms with Crippen LogP contribution in [-0.2, 0) is 11.8 Å². The van der Waals surface area contributed by atoms with E-state index in [1.807, 2.05) is 13.2 Å². The zero-order valence-electron chi connectivity index (χ0n) is 17.1. The van der Waals surface area contributed by atoms with Crippen LogP contribution in [0, 0.1) is 0 Å². The molecule has 3 N–H and O–H groups in total. The van der Waals surface area contributed by atoms with Crippen LogP contribution in [0.3, 0.4) is 0 Å². The van der Waals surface area contributed by atoms with E-state index in [1.165, 1.54) is 6.08 Å². The summed E-state index contributed by atoms with van der Waals surface area (Å²) < 4.78 is 3.41. The molecule has 0 spiro atoms. The fourth-order valence-electron chi connectivity index (χ4n) is 3.85. The average molecular weight is 454 g/mol. The number of amides is 1. The van der Waals surface area contributed by atoms with Crippen molar-refractivity contribution in [1.29, 1.82) is 0 Å². The number of halogens is 1. The van der Waals surface area contributed by atoms with Gasteiger partial charge in [0, 0.05) is 38.7 Å². The molecular weight excluding hydrogens is 434 g/mol. The van der Waals surface area contributed by atoms with Gasteiger partial charge in [0.05, 0.1) is 40.6 Å². The second kappa shape index (κ2) is 7.96. The molecular formula is C19H20ClN11O. The van der Waals surface area contributed by atoms with Gasteiger partial charge in [-0.15, -0.1) is 5.10 Å². The molecule has 2 atom stereocenters. The summed E-state index contributed by atoms with van der Waals surface area (Å²) >= 11 is 6.43. The van der Waals surface area contributed by atoms with Crippen molar-refractivity contribution >= 4 is 46.0 Å². The third-order valence-corrected chi connectivity index (χ3v) is 5.62. The Bertz CT molecular complexity index is 1280. The maximum atomic E-state index is 12.3. The van der Waals surface area contributed by atoms with Crippen LogP contribution in [0.15, 0.2) is 43.6 Å². The van der Waals surface area contributed by atoms with E-state index in [0.717, 1.165) is 5.69 Å². The van der Waals surface area contributed by atoms with Crippen LogP contribution in [0.5, 0.6) is 0 Å². The van der Waals surface area contributed by atoms with Crippen LogP contribution in [0.4, 0.5) is 17.5 Å². The third kappa shape index (κ3) is 3.64. The number of hydrogen-bond acceptors (Lipinski definition) is 8. The highest BCUT2D eigenvalue weighted by atomic mass is 35.5. The lowest BCUT2D eigenvalue weighted by Crippen LogP contribution is -2.32. The minimum absolute atomic E-state index is 0.147. The molecule has 4 aromatic heterocycles. The SMILES string of the molecule is C=CC(=O)N1CC(Nc2nc(Nc3cnn(C)c3)nc3[nH]cc(Cl)c23)C(n2ccnn2)C1. The number of aromatic nitrogens is 8. The molecule has 2 unspecified atom stereocenters. The van der Waals surface area contributed by atoms with E-state index in [4.69, 9.17) is 11.6 Å². The topological polar surface area (TPSA) is 134 Å². The van der Waals surface area contributed by atoms with Crippen LogP contribution in [0.25, 0.3) is 11.0 Å². The summed E-state index contributed by atoms with van der Waals surface area (Å²) in [5.41, 5.74) is 1.33. The number of carbonyl (C=O) groups is 1. The van der Waals surface area contributed by atoms with Gasteiger partial charge in [0.25, 0.3) is 0 Å². The number of anilines is 3. The first kappa shape index (κ1) is 20.0. The Hall–Kier alpha value is -3.93. The van der Waals surface area contributed by atoms with Crippen molar-refractivity contribution in [2.45, 2.75) is 12.1 Å². The van der Waals surface area contributed by atoms with Gasteiger partial charge in [-0.05, 0) is 6.08 Å². The summed E-state index contributed by atoms with van der Waals surface area (Å²) in [7, 11) is 1.83. The highest BCUT2D eigenvalue weighted by Gasteiger charge is 2.37. The fraction of sp³-hybridized carbons (Fsp3) is 0.263. The lowest BCUT2D eigenvalue weighted by Gasteiger charge is -2.20. The highest BCUT2D eigenvalue weighted by Crippen LogP contribution is 2.32. The zero-order chi connectivity index (χ0) is 22.2. The molecule has 164 valence electrons. The number of rotatable bonds is 6. The van der Waals surface area contributed by atoms with Crippen LogP contribution < -0.4 is 10.6 Å². The first-order valence-electron chi connectivity index (χ1n) is 9.86. The summed E-state index contributed by atoms with van der Waals surface area (Å²) in [6, 6.07) is -0.352. The lowest BCUT2D eigenvalue weighted by molar-refractivity contribution is -0.125. The summed E-state index contributed by atoms with van der Waals surface area (Å²) in [6.07, 6.45) is 9.85. The monoisotopic (exact) mass is 453 g/mol. The zero-order valence-corrected chi connectivity index (χ0v) is 17.9. The van der Waals surface area contributed by atoms with Gasteiger partial charge in [-0.1, -0.05) is 23.4 Å². The Labute approximate surface area is 187 Å². The van der Waals surface area contributed by atoms with Crippen molar-refractivity contribution < 1.29 is 4.79 Å². The van der Waals surface area contributed by atoms with Gasteiger partial charge < -0.3 is 20.5 Å². The molecule has 1 amide bonds. The maximum Gasteiger partial charge on any atom is 0.246 e. The number of hydrogen-bond donors (Lipinski definition) is 3. The molecule has 0 aliphatic carbocycles. The summed E-state index contributed by atoms with van der Waals surface area (Å²) in [5.74, 6) is 0.766. The van der Waals surface area contributed by atoms with Crippen molar-refractivity contribution in [3.63, 3.8) is 0 Å². The first-order valence-corrected chi connectivity index (χ1v) is 10.2. The number of carbonyl (C=O) groups excluding carboxylic acids is 1. The van der Waals surface area contributed by atoms with E-state index in [-0.39, 0.29) is 18.0 Å². The van der Waals surface area contributed by atoms with E-state index in [2.05, 4.69) is 47.6 Å². The quantitative estimate of drug-likeness (QED) is 0.376. The Morgan fingerprint density at radius 1 is 1.38 bits per heavy atom. The smallest absolute Gasteiger partial charge is 0.246 e. The Morgan fingerprint density at radius 3 is 2.97 bits per heavy atom. The van der Waals surface area contributed by atoms with Crippen LogP contribution in [-0.4, -0.2) is 69.7 Å². The van der Waals surface area contributed by atoms with E-state index >= 15 is 0 Å². The van der Waals surface area contributed by atoms with Crippen LogP contribution in [0.2, 0.25) is 5.02 Å². The summed E-state index contributed by atoms with van der Waals surface area (Å²) in [6.45, 7) is 4.50. The molecule has 1 aliphatic heterocycles. The van der Waals surface area contributed by atoms with Crippen molar-refractivity contribution in [3.05, 3.63) is 48.7 Å². The van der Waals surface area contributed by atoms with E-state index in [0.29, 0.717) is 40.9 Å². The predicted octanol–water partition coefficient (Wildman–Crippen LogP) is 1.73. The Balaban J connectivity index is 1.50. The van der Waals surface area contributed by atoms with Gasteiger partial charge >= 0.3 is 0 Å². The Morgan fingerprint density at radius 2 is 2.25 bits per heavy atom. The molecule has 5 rings (SSSR count). The first-order chi connectivity index (χ1) is 15.5. The second-order valence-electron chi connectivity index (χ2n) is 7.43. The normalized spacial score (nSPS) is 18.2. The van der Waals surface area contributed by atoms with Crippen LogP contribution in [0.1, 0.15) is 6.04 Å². The number of fused-ring (bicyclic) bond motifs is 1. The van der Waals surface area contributed by atoms with Gasteiger partial charge in [-0.2, -0.15) is 15.1 Å². The average Bonchev–Trinajstić information content (AvgIpc) is 3.56. The standard InChI is InChI=1S/C19H20ClN11O/c1-3-15(32)30-9-13(14(10-30)31-5-4-22-28-31)25-18-16-12(20)7-21-17(16)26-19(27-18)24-11-6-23-29(2)8-11/h3-8,13-14H,1,9-10H2,2H3,(H3,21,24,25,26,27). The summed E-state index contributed by atoms with van der Waals surface area (Å²) in [4.78, 5) is 26.2. The van der Waals surface area contributed by atoms with Gasteiger partial charge in [0.2, 0.25) is 11.9 Å². The minimum Gasteiger partial charge on any atom is -0.363 e. The molecule has 1 saturated heterocycles. The third-order valence-electron chi connectivity index (χ3n) is 5.32. The molecule has 32 heavy (non-hydrogen) atoms. The molecule has 0 radical (unpaired) electrons. The molecule has 4 aromatic rings. The molecule has 12 nitrogen and oxygen atoms in total. The Kier molecular flexibility index (Phi) is 4.98. The van der Waals surface area contributed by atoms with E-state index < -0.39 is 0 Å². The number of likely N-dealkylation sites (tertiary alicyclic amines) is 1. The molecule has 1 aliphatic rings. The molecule has 0 bridgehead atoms. The van der Waals surface area contributed by atoms with Crippen molar-refractivity contribution in [2.75, 3.05) is 23.7 Å². The number of aromatic amines is 1. The largest absolute Gasteiger partial charge is 0.363 e. The van der Waals surface area contributed by atoms with Crippen molar-refractivity contribution in [1.82, 2.24) is 44.6 Å². The van der Waals surface area contributed by atoms with Crippen LogP contribution >= 0.6 is 11.6 Å². The number of nitrogens with zero attached hydrogens (tertiary/aromatic N) is 8. The lowest BCUT2D eigenvalue weighted by atomic mass is 10.1. The van der Waals surface area contributed by atoms with Crippen molar-refractivity contribution in [3.8, 4) is 0 Å². The number of nitrogens with one attached hydrogen (secondary N) is 3. The van der Waals surface area contributed by atoms with E-state index in [9.17, 15) is 4.79 Å². The van der Waals surface area contributed by atoms with Gasteiger partial charge in [-0.3, -0.25) is 9.48 Å². The number of H-pyrrole nitrogens is 1. The second-order valence-corrected chi connectivity index (χ2v) is 7.84. The van der Waals surface area contributed by atoms with E-state index in [1.54, 1.807) is 39.1 Å². The highest BCUT2D eigenvalue weighted by molar-refractivity contribution is 6.36. The maximum absolute atomic E-state index is 12.3. The van der Waals surface area contributed by atoms with Gasteiger partial charge in [-0.25, -0.2) is 4.68 Å². The molecule has 0 saturated carbocycles. The minimum atomic E-state index is -0.198. The van der Waals surface area contributed by atoms with Gasteiger partial charge in [0.15, 0.2) is 0 Å². The van der Waals surface area contributed by atoms with Gasteiger partial charge in [0.1, 0.15) is 11.5 Å². The fourth-order valence-corrected chi connectivity index (χ4v) is 4.08.